The first kappa shape index (κ1) is 25.9. The molecule has 1 aliphatic heterocycles. The first-order chi connectivity index (χ1) is 15.0. The van der Waals surface area contributed by atoms with E-state index in [0.717, 1.165) is 13.8 Å². The van der Waals surface area contributed by atoms with Crippen molar-refractivity contribution in [3.8, 4) is 5.75 Å². The molecule has 1 aromatic rings. The number of carboxylic acid groups (broad SMARTS) is 1. The summed E-state index contributed by atoms with van der Waals surface area (Å²) < 4.78 is 28.0. The van der Waals surface area contributed by atoms with Crippen LogP contribution in [0.3, 0.4) is 0 Å². The molecule has 10 nitrogen and oxygen atoms in total. The zero-order chi connectivity index (χ0) is 24.0. The molecule has 1 aromatic carbocycles. The summed E-state index contributed by atoms with van der Waals surface area (Å²) >= 11 is 9.48. The smallest absolute Gasteiger partial charge is 0.304 e. The Hall–Kier alpha value is -2.37. The van der Waals surface area contributed by atoms with Crippen molar-refractivity contribution in [1.82, 2.24) is 0 Å². The van der Waals surface area contributed by atoms with Gasteiger partial charge >= 0.3 is 23.9 Å². The molecule has 1 aliphatic rings. The summed E-state index contributed by atoms with van der Waals surface area (Å²) in [7, 11) is 0. The van der Waals surface area contributed by atoms with Crippen molar-refractivity contribution in [3.05, 3.63) is 27.7 Å². The van der Waals surface area contributed by atoms with Crippen LogP contribution in [0.15, 0.2) is 22.7 Å². The van der Waals surface area contributed by atoms with Crippen LogP contribution >= 0.6 is 27.5 Å². The number of rotatable bonds is 8. The molecule has 1 saturated heterocycles. The number of esters is 3. The van der Waals surface area contributed by atoms with E-state index < -0.39 is 60.8 Å². The molecule has 0 saturated carbocycles. The molecule has 0 spiro atoms. The molecular weight excluding hydrogens is 516 g/mol. The summed E-state index contributed by atoms with van der Waals surface area (Å²) in [6.45, 7) is 3.07. The van der Waals surface area contributed by atoms with Crippen molar-refractivity contribution in [2.75, 3.05) is 6.61 Å². The maximum atomic E-state index is 11.8. The lowest BCUT2D eigenvalue weighted by Crippen LogP contribution is -2.60. The minimum absolute atomic E-state index is 0.175. The number of hydrogen-bond donors (Lipinski definition) is 1. The number of carbonyl (C=O) groups is 4. The molecule has 5 atom stereocenters. The van der Waals surface area contributed by atoms with Gasteiger partial charge in [0.2, 0.25) is 6.29 Å². The summed E-state index contributed by atoms with van der Waals surface area (Å²) in [5, 5.41) is 9.65. The van der Waals surface area contributed by atoms with E-state index in [4.69, 9.17) is 35.3 Å². The Kier molecular flexibility index (Phi) is 9.29. The number of ether oxygens (including phenoxy) is 5. The van der Waals surface area contributed by atoms with Gasteiger partial charge in [0.25, 0.3) is 0 Å². The molecule has 1 heterocycles. The first-order valence-corrected chi connectivity index (χ1v) is 10.6. The predicted octanol–water partition coefficient (Wildman–Crippen LogP) is 2.72. The standard InChI is InChI=1S/C20H22BrClO10/c1-9(23)28-8-16-19(30-11(3)25)18(29-10(2)24)13(7-17(26)27)20(32-16)31-15-5-4-12(21)6-14(15)22/h4-6,13,16,18-20H,7-8H2,1-3H3,(H,26,27). The third kappa shape index (κ3) is 7.35. The van der Waals surface area contributed by atoms with Gasteiger partial charge < -0.3 is 28.8 Å². The van der Waals surface area contributed by atoms with Gasteiger partial charge in [0.15, 0.2) is 12.2 Å². The molecule has 0 aliphatic carbocycles. The van der Waals surface area contributed by atoms with Gasteiger partial charge in [-0.25, -0.2) is 0 Å². The summed E-state index contributed by atoms with van der Waals surface area (Å²) in [5.74, 6) is -4.24. The Bertz CT molecular complexity index is 876. The maximum absolute atomic E-state index is 11.8. The Morgan fingerprint density at radius 2 is 1.69 bits per heavy atom. The van der Waals surface area contributed by atoms with Crippen molar-refractivity contribution in [1.29, 1.82) is 0 Å². The van der Waals surface area contributed by atoms with Crippen LogP contribution in [0.1, 0.15) is 27.2 Å². The largest absolute Gasteiger partial charge is 0.481 e. The van der Waals surface area contributed by atoms with E-state index in [-0.39, 0.29) is 17.4 Å². The SMILES string of the molecule is CC(=O)OCC1OC(Oc2ccc(Br)cc2Cl)C(CC(=O)O)C(OC(C)=O)C1OC(C)=O. The minimum Gasteiger partial charge on any atom is -0.481 e. The van der Waals surface area contributed by atoms with Gasteiger partial charge in [0, 0.05) is 25.2 Å². The van der Waals surface area contributed by atoms with Gasteiger partial charge in [-0.05, 0) is 18.2 Å². The number of halogens is 2. The second-order valence-electron chi connectivity index (χ2n) is 6.95. The number of aliphatic carboxylic acids is 1. The van der Waals surface area contributed by atoms with Crippen molar-refractivity contribution >= 4 is 51.4 Å². The minimum atomic E-state index is -1.29. The van der Waals surface area contributed by atoms with E-state index in [1.54, 1.807) is 12.1 Å². The molecular formula is C20H22BrClO10. The molecule has 1 N–H and O–H groups in total. The number of hydrogen-bond acceptors (Lipinski definition) is 9. The highest BCUT2D eigenvalue weighted by Gasteiger charge is 2.52. The molecule has 5 unspecified atom stereocenters. The molecule has 0 radical (unpaired) electrons. The van der Waals surface area contributed by atoms with Gasteiger partial charge in [-0.3, -0.25) is 19.2 Å². The van der Waals surface area contributed by atoms with Crippen LogP contribution in [0.5, 0.6) is 5.75 Å². The normalized spacial score (nSPS) is 24.8. The maximum Gasteiger partial charge on any atom is 0.304 e. The fourth-order valence-corrected chi connectivity index (χ4v) is 3.92. The average Bonchev–Trinajstić information content (AvgIpc) is 2.65. The van der Waals surface area contributed by atoms with Gasteiger partial charge in [0.05, 0.1) is 17.4 Å². The Morgan fingerprint density at radius 3 is 2.22 bits per heavy atom. The lowest BCUT2D eigenvalue weighted by atomic mass is 9.88. The van der Waals surface area contributed by atoms with Gasteiger partial charge in [-0.1, -0.05) is 27.5 Å². The second-order valence-corrected chi connectivity index (χ2v) is 8.27. The molecule has 12 heteroatoms. The van der Waals surface area contributed by atoms with E-state index >= 15 is 0 Å². The molecule has 2 rings (SSSR count). The predicted molar refractivity (Wildman–Crippen MR) is 112 cm³/mol. The highest BCUT2D eigenvalue weighted by atomic mass is 79.9. The Labute approximate surface area is 197 Å². The number of carbonyl (C=O) groups excluding carboxylic acids is 3. The molecule has 32 heavy (non-hydrogen) atoms. The van der Waals surface area contributed by atoms with E-state index in [2.05, 4.69) is 15.9 Å². The van der Waals surface area contributed by atoms with E-state index in [9.17, 15) is 24.3 Å². The fourth-order valence-electron chi connectivity index (χ4n) is 3.20. The van der Waals surface area contributed by atoms with Gasteiger partial charge in [-0.2, -0.15) is 0 Å². The van der Waals surface area contributed by atoms with Crippen molar-refractivity contribution in [3.63, 3.8) is 0 Å². The summed E-state index contributed by atoms with van der Waals surface area (Å²) in [6, 6.07) is 4.75. The summed E-state index contributed by atoms with van der Waals surface area (Å²) in [5.41, 5.74) is 0. The lowest BCUT2D eigenvalue weighted by Gasteiger charge is -2.44. The molecule has 1 fully saturated rings. The molecule has 0 aromatic heterocycles. The number of carboxylic acids is 1. The van der Waals surface area contributed by atoms with Crippen LogP contribution in [-0.2, 0) is 38.1 Å². The van der Waals surface area contributed by atoms with Crippen molar-refractivity contribution in [2.24, 2.45) is 5.92 Å². The number of benzene rings is 1. The highest BCUT2D eigenvalue weighted by molar-refractivity contribution is 9.10. The van der Waals surface area contributed by atoms with Crippen LogP contribution in [0.25, 0.3) is 0 Å². The average molecular weight is 538 g/mol. The molecule has 176 valence electrons. The van der Waals surface area contributed by atoms with Crippen molar-refractivity contribution in [2.45, 2.75) is 51.8 Å². The summed E-state index contributed by atoms with van der Waals surface area (Å²) in [4.78, 5) is 46.4. The second kappa shape index (κ2) is 11.5. The molecule has 0 bridgehead atoms. The quantitative estimate of drug-likeness (QED) is 0.389. The Morgan fingerprint density at radius 1 is 1.06 bits per heavy atom. The topological polar surface area (TPSA) is 135 Å². The van der Waals surface area contributed by atoms with E-state index in [1.165, 1.54) is 13.0 Å². The Balaban J connectivity index is 2.47. The first-order valence-electron chi connectivity index (χ1n) is 9.44. The third-order valence-corrected chi connectivity index (χ3v) is 5.16. The fraction of sp³-hybridized carbons (Fsp3) is 0.500. The van der Waals surface area contributed by atoms with E-state index in [1.807, 2.05) is 0 Å². The van der Waals surface area contributed by atoms with Crippen LogP contribution in [0, 0.1) is 5.92 Å². The highest BCUT2D eigenvalue weighted by Crippen LogP contribution is 2.37. The zero-order valence-corrected chi connectivity index (χ0v) is 19.8. The summed E-state index contributed by atoms with van der Waals surface area (Å²) in [6.07, 6.45) is -5.46. The molecule has 0 amide bonds. The lowest BCUT2D eigenvalue weighted by molar-refractivity contribution is -0.271. The monoisotopic (exact) mass is 536 g/mol. The third-order valence-electron chi connectivity index (χ3n) is 4.37. The van der Waals surface area contributed by atoms with Crippen LogP contribution in [0.2, 0.25) is 5.02 Å². The van der Waals surface area contributed by atoms with Crippen LogP contribution in [-0.4, -0.2) is 60.2 Å². The van der Waals surface area contributed by atoms with Gasteiger partial charge in [0.1, 0.15) is 18.5 Å². The zero-order valence-electron chi connectivity index (χ0n) is 17.4. The van der Waals surface area contributed by atoms with E-state index in [0.29, 0.717) is 4.47 Å². The van der Waals surface area contributed by atoms with Crippen LogP contribution < -0.4 is 4.74 Å². The van der Waals surface area contributed by atoms with Crippen molar-refractivity contribution < 1.29 is 48.0 Å². The van der Waals surface area contributed by atoms with Crippen LogP contribution in [0.4, 0.5) is 0 Å². The van der Waals surface area contributed by atoms with Gasteiger partial charge in [-0.15, -0.1) is 0 Å².